The van der Waals surface area contributed by atoms with Gasteiger partial charge in [-0.2, -0.15) is 0 Å². The van der Waals surface area contributed by atoms with E-state index in [4.69, 9.17) is 0 Å². The average molecular weight is 316 g/mol. The molecular formula is C25H16. The van der Waals surface area contributed by atoms with Crippen LogP contribution in [-0.4, -0.2) is 0 Å². The second kappa shape index (κ2) is 4.70. The highest BCUT2D eigenvalue weighted by Crippen LogP contribution is 2.45. The summed E-state index contributed by atoms with van der Waals surface area (Å²) in [4.78, 5) is 0. The monoisotopic (exact) mass is 316 g/mol. The van der Waals surface area contributed by atoms with Crippen LogP contribution in [0.3, 0.4) is 0 Å². The van der Waals surface area contributed by atoms with Crippen molar-refractivity contribution in [1.82, 2.24) is 0 Å². The summed E-state index contributed by atoms with van der Waals surface area (Å²) in [6, 6.07) is 31.2. The summed E-state index contributed by atoms with van der Waals surface area (Å²) in [6.45, 7) is 0. The Balaban J connectivity index is 1.76. The van der Waals surface area contributed by atoms with Gasteiger partial charge in [-0.1, -0.05) is 84.9 Å². The van der Waals surface area contributed by atoms with Crippen molar-refractivity contribution < 1.29 is 0 Å². The Morgan fingerprint density at radius 3 is 2.04 bits per heavy atom. The van der Waals surface area contributed by atoms with E-state index in [9.17, 15) is 0 Å². The molecule has 0 heterocycles. The number of rotatable bonds is 0. The van der Waals surface area contributed by atoms with Crippen molar-refractivity contribution in [1.29, 1.82) is 0 Å². The van der Waals surface area contributed by atoms with Crippen LogP contribution in [0.25, 0.3) is 43.4 Å². The van der Waals surface area contributed by atoms with Gasteiger partial charge in [-0.3, -0.25) is 0 Å². The zero-order valence-electron chi connectivity index (χ0n) is 13.8. The Kier molecular flexibility index (Phi) is 2.48. The van der Waals surface area contributed by atoms with Crippen LogP contribution in [0, 0.1) is 0 Å². The van der Waals surface area contributed by atoms with Crippen molar-refractivity contribution in [2.45, 2.75) is 6.42 Å². The topological polar surface area (TPSA) is 0 Å². The van der Waals surface area contributed by atoms with Gasteiger partial charge in [-0.05, 0) is 61.0 Å². The molecule has 0 radical (unpaired) electrons. The first-order chi connectivity index (χ1) is 12.4. The zero-order valence-corrected chi connectivity index (χ0v) is 13.8. The van der Waals surface area contributed by atoms with Crippen molar-refractivity contribution in [3.63, 3.8) is 0 Å². The molecule has 0 heteroatoms. The van der Waals surface area contributed by atoms with E-state index in [1.165, 1.54) is 54.6 Å². The Morgan fingerprint density at radius 2 is 1.16 bits per heavy atom. The Morgan fingerprint density at radius 1 is 0.480 bits per heavy atom. The molecule has 25 heavy (non-hydrogen) atoms. The third-order valence-corrected chi connectivity index (χ3v) is 5.69. The molecule has 0 spiro atoms. The van der Waals surface area contributed by atoms with Gasteiger partial charge in [0.25, 0.3) is 0 Å². The van der Waals surface area contributed by atoms with Crippen LogP contribution in [0.5, 0.6) is 0 Å². The molecule has 0 bridgehead atoms. The quantitative estimate of drug-likeness (QED) is 0.273. The normalized spacial score (nSPS) is 12.6. The fraction of sp³-hybridized carbons (Fsp3) is 0.0400. The molecule has 0 saturated carbocycles. The highest BCUT2D eigenvalue weighted by molar-refractivity contribution is 6.14. The second-order valence-corrected chi connectivity index (χ2v) is 6.97. The van der Waals surface area contributed by atoms with E-state index < -0.39 is 0 Å². The predicted molar refractivity (Wildman–Crippen MR) is 107 cm³/mol. The molecular weight excluding hydrogens is 300 g/mol. The predicted octanol–water partition coefficient (Wildman–Crippen LogP) is 6.72. The molecule has 1 aliphatic carbocycles. The smallest absolute Gasteiger partial charge is 0.000705 e. The first kappa shape index (κ1) is 13.2. The van der Waals surface area contributed by atoms with E-state index in [0.29, 0.717) is 0 Å². The van der Waals surface area contributed by atoms with E-state index in [0.717, 1.165) is 6.42 Å². The van der Waals surface area contributed by atoms with Gasteiger partial charge in [0, 0.05) is 0 Å². The minimum absolute atomic E-state index is 1.04. The highest BCUT2D eigenvalue weighted by Gasteiger charge is 2.22. The van der Waals surface area contributed by atoms with E-state index in [1.54, 1.807) is 0 Å². The fourth-order valence-corrected chi connectivity index (χ4v) is 4.55. The molecule has 0 nitrogen and oxygen atoms in total. The number of fused-ring (bicyclic) bond motifs is 9. The molecule has 0 aliphatic heterocycles. The summed E-state index contributed by atoms with van der Waals surface area (Å²) in [6.07, 6.45) is 1.04. The molecule has 116 valence electrons. The lowest BCUT2D eigenvalue weighted by atomic mass is 9.93. The van der Waals surface area contributed by atoms with Gasteiger partial charge in [0.1, 0.15) is 0 Å². The van der Waals surface area contributed by atoms with Crippen LogP contribution in [0.1, 0.15) is 11.1 Å². The maximum atomic E-state index is 2.33. The first-order valence-electron chi connectivity index (χ1n) is 8.84. The largest absolute Gasteiger partial charge is 0.0616 e. The van der Waals surface area contributed by atoms with Crippen LogP contribution in [0.15, 0.2) is 84.9 Å². The van der Waals surface area contributed by atoms with Crippen molar-refractivity contribution in [3.8, 4) is 11.1 Å². The summed E-state index contributed by atoms with van der Waals surface area (Å²) in [5.41, 5.74) is 5.78. The summed E-state index contributed by atoms with van der Waals surface area (Å²) in [7, 11) is 0. The summed E-state index contributed by atoms with van der Waals surface area (Å²) < 4.78 is 0. The van der Waals surface area contributed by atoms with Gasteiger partial charge in [-0.25, -0.2) is 0 Å². The van der Waals surface area contributed by atoms with E-state index in [2.05, 4.69) is 84.9 Å². The number of benzene rings is 5. The van der Waals surface area contributed by atoms with Gasteiger partial charge < -0.3 is 0 Å². The molecule has 1 aliphatic rings. The van der Waals surface area contributed by atoms with E-state index in [-0.39, 0.29) is 0 Å². The van der Waals surface area contributed by atoms with Crippen LogP contribution in [0.2, 0.25) is 0 Å². The molecule has 0 N–H and O–H groups in total. The summed E-state index contributed by atoms with van der Waals surface area (Å²) in [5, 5.41) is 8.13. The van der Waals surface area contributed by atoms with E-state index in [1.807, 2.05) is 0 Å². The van der Waals surface area contributed by atoms with Gasteiger partial charge in [0.05, 0.1) is 0 Å². The molecule has 5 aromatic carbocycles. The molecule has 0 saturated heterocycles. The SMILES string of the molecule is c1ccc2c3c(ccc2c1)-c1c(ccc2c1ccc1ccccc12)C3. The van der Waals surface area contributed by atoms with Gasteiger partial charge >= 0.3 is 0 Å². The molecule has 0 fully saturated rings. The maximum Gasteiger partial charge on any atom is -0.000705 e. The zero-order chi connectivity index (χ0) is 16.4. The van der Waals surface area contributed by atoms with Crippen molar-refractivity contribution >= 4 is 32.3 Å². The van der Waals surface area contributed by atoms with Crippen LogP contribution < -0.4 is 0 Å². The molecule has 0 unspecified atom stereocenters. The Labute approximate surface area is 146 Å². The minimum Gasteiger partial charge on any atom is -0.0616 e. The Hall–Kier alpha value is -3.12. The van der Waals surface area contributed by atoms with E-state index >= 15 is 0 Å². The first-order valence-corrected chi connectivity index (χ1v) is 8.84. The number of hydrogen-bond acceptors (Lipinski definition) is 0. The van der Waals surface area contributed by atoms with Crippen molar-refractivity contribution in [3.05, 3.63) is 96.1 Å². The standard InChI is InChI=1S/C25H16/c1-3-7-19-16(5-1)9-13-22-21(19)12-11-18-15-24-20-8-4-2-6-17(20)10-14-23(24)25(18)22/h1-14H,15H2. The second-order valence-electron chi connectivity index (χ2n) is 6.97. The number of hydrogen-bond donors (Lipinski definition) is 0. The van der Waals surface area contributed by atoms with Gasteiger partial charge in [0.15, 0.2) is 0 Å². The fourth-order valence-electron chi connectivity index (χ4n) is 4.55. The lowest BCUT2D eigenvalue weighted by Crippen LogP contribution is -1.84. The third-order valence-electron chi connectivity index (χ3n) is 5.69. The van der Waals surface area contributed by atoms with Crippen molar-refractivity contribution in [2.75, 3.05) is 0 Å². The molecule has 0 aromatic heterocycles. The van der Waals surface area contributed by atoms with Gasteiger partial charge in [0.2, 0.25) is 0 Å². The van der Waals surface area contributed by atoms with Crippen LogP contribution >= 0.6 is 0 Å². The van der Waals surface area contributed by atoms with Crippen LogP contribution in [-0.2, 0) is 6.42 Å². The lowest BCUT2D eigenvalue weighted by Gasteiger charge is -2.10. The average Bonchev–Trinajstić information content (AvgIpc) is 3.07. The third kappa shape index (κ3) is 1.71. The van der Waals surface area contributed by atoms with Crippen molar-refractivity contribution in [2.24, 2.45) is 0 Å². The lowest BCUT2D eigenvalue weighted by molar-refractivity contribution is 1.29. The molecule has 6 rings (SSSR count). The maximum absolute atomic E-state index is 2.33. The Bertz CT molecular complexity index is 1310. The molecule has 0 atom stereocenters. The summed E-state index contributed by atoms with van der Waals surface area (Å²) in [5.74, 6) is 0. The van der Waals surface area contributed by atoms with Gasteiger partial charge in [-0.15, -0.1) is 0 Å². The van der Waals surface area contributed by atoms with Crippen LogP contribution in [0.4, 0.5) is 0 Å². The summed E-state index contributed by atoms with van der Waals surface area (Å²) >= 11 is 0. The molecule has 5 aromatic rings. The molecule has 0 amide bonds. The minimum atomic E-state index is 1.04. The highest BCUT2D eigenvalue weighted by atomic mass is 14.3.